The zero-order valence-corrected chi connectivity index (χ0v) is 11.6. The summed E-state index contributed by atoms with van der Waals surface area (Å²) in [6, 6.07) is 15.2. The second kappa shape index (κ2) is 5.25. The van der Waals surface area contributed by atoms with Crippen LogP contribution in [0.15, 0.2) is 54.7 Å². The molecule has 1 aromatic heterocycles. The molecule has 21 heavy (non-hydrogen) atoms. The summed E-state index contributed by atoms with van der Waals surface area (Å²) in [4.78, 5) is 4.37. The summed E-state index contributed by atoms with van der Waals surface area (Å²) in [6.07, 6.45) is 1.74. The van der Waals surface area contributed by atoms with Crippen LogP contribution in [0.3, 0.4) is 0 Å². The third kappa shape index (κ3) is 2.43. The smallest absolute Gasteiger partial charge is 0.153 e. The number of hydrogen-bond donors (Lipinski definition) is 2. The number of fused-ring (bicyclic) bond motifs is 1. The van der Waals surface area contributed by atoms with E-state index >= 15 is 0 Å². The highest BCUT2D eigenvalue weighted by Gasteiger charge is 2.12. The van der Waals surface area contributed by atoms with Gasteiger partial charge in [0.05, 0.1) is 5.56 Å². The SMILES string of the molecule is Cc1cccc(C(=N)N)c1Oc1cccc2cccnc12. The van der Waals surface area contributed by atoms with E-state index in [4.69, 9.17) is 15.9 Å². The normalized spacial score (nSPS) is 10.5. The highest BCUT2D eigenvalue weighted by Crippen LogP contribution is 2.32. The summed E-state index contributed by atoms with van der Waals surface area (Å²) in [6.45, 7) is 1.93. The Balaban J connectivity index is 2.13. The minimum Gasteiger partial charge on any atom is -0.454 e. The van der Waals surface area contributed by atoms with E-state index in [2.05, 4.69) is 4.98 Å². The van der Waals surface area contributed by atoms with Crippen LogP contribution in [0.5, 0.6) is 11.5 Å². The van der Waals surface area contributed by atoms with Gasteiger partial charge >= 0.3 is 0 Å². The van der Waals surface area contributed by atoms with Gasteiger partial charge < -0.3 is 10.5 Å². The van der Waals surface area contributed by atoms with E-state index in [1.54, 1.807) is 12.3 Å². The molecule has 0 radical (unpaired) electrons. The van der Waals surface area contributed by atoms with Crippen molar-refractivity contribution >= 4 is 16.7 Å². The van der Waals surface area contributed by atoms with Gasteiger partial charge in [-0.15, -0.1) is 0 Å². The van der Waals surface area contributed by atoms with E-state index in [0.717, 1.165) is 16.5 Å². The highest BCUT2D eigenvalue weighted by atomic mass is 16.5. The second-order valence-electron chi connectivity index (χ2n) is 4.80. The lowest BCUT2D eigenvalue weighted by molar-refractivity contribution is 0.482. The lowest BCUT2D eigenvalue weighted by atomic mass is 10.1. The first-order valence-corrected chi connectivity index (χ1v) is 6.62. The van der Waals surface area contributed by atoms with Crippen LogP contribution in [0, 0.1) is 12.3 Å². The minimum absolute atomic E-state index is 0.0121. The van der Waals surface area contributed by atoms with Crippen molar-refractivity contribution in [3.05, 3.63) is 65.9 Å². The fraction of sp³-hybridized carbons (Fsp3) is 0.0588. The third-order valence-electron chi connectivity index (χ3n) is 3.31. The number of nitrogens with zero attached hydrogens (tertiary/aromatic N) is 1. The van der Waals surface area contributed by atoms with E-state index in [1.807, 2.05) is 49.4 Å². The molecule has 1 heterocycles. The molecule has 104 valence electrons. The Kier molecular flexibility index (Phi) is 3.28. The number of nitrogen functional groups attached to an aromatic ring is 1. The molecule has 4 heteroatoms. The molecule has 0 aliphatic carbocycles. The third-order valence-corrected chi connectivity index (χ3v) is 3.31. The highest BCUT2D eigenvalue weighted by molar-refractivity contribution is 5.98. The fourth-order valence-electron chi connectivity index (χ4n) is 2.27. The maximum atomic E-state index is 7.68. The lowest BCUT2D eigenvalue weighted by Crippen LogP contribution is -2.12. The standard InChI is InChI=1S/C17H15N3O/c1-11-5-2-8-13(17(18)19)16(11)21-14-9-3-6-12-7-4-10-20-15(12)14/h2-10H,1H3,(H3,18,19). The molecule has 0 saturated heterocycles. The summed E-state index contributed by atoms with van der Waals surface area (Å²) < 4.78 is 6.03. The summed E-state index contributed by atoms with van der Waals surface area (Å²) in [5.74, 6) is 1.25. The number of para-hydroxylation sites is 2. The van der Waals surface area contributed by atoms with Gasteiger partial charge in [0.15, 0.2) is 5.75 Å². The first-order valence-electron chi connectivity index (χ1n) is 6.62. The van der Waals surface area contributed by atoms with Crippen LogP contribution in [-0.2, 0) is 0 Å². The van der Waals surface area contributed by atoms with E-state index in [1.165, 1.54) is 0 Å². The Bertz CT molecular complexity index is 822. The molecule has 2 aromatic carbocycles. The van der Waals surface area contributed by atoms with E-state index in [-0.39, 0.29) is 5.84 Å². The molecule has 3 rings (SSSR count). The van der Waals surface area contributed by atoms with Crippen LogP contribution in [0.2, 0.25) is 0 Å². The number of benzene rings is 2. The number of rotatable bonds is 3. The first-order chi connectivity index (χ1) is 10.2. The predicted octanol–water partition coefficient (Wildman–Crippen LogP) is 3.62. The molecule has 0 unspecified atom stereocenters. The number of aromatic nitrogens is 1. The molecule has 3 aromatic rings. The van der Waals surface area contributed by atoms with Gasteiger partial charge in [0, 0.05) is 11.6 Å². The first kappa shape index (κ1) is 13.1. The van der Waals surface area contributed by atoms with Gasteiger partial charge in [-0.3, -0.25) is 10.4 Å². The Morgan fingerprint density at radius 3 is 2.67 bits per heavy atom. The summed E-state index contributed by atoms with van der Waals surface area (Å²) in [5.41, 5.74) is 7.94. The van der Waals surface area contributed by atoms with E-state index in [0.29, 0.717) is 17.1 Å². The summed E-state index contributed by atoms with van der Waals surface area (Å²) >= 11 is 0. The van der Waals surface area contributed by atoms with Crippen molar-refractivity contribution in [2.75, 3.05) is 0 Å². The molecule has 0 bridgehead atoms. The van der Waals surface area contributed by atoms with Gasteiger partial charge in [-0.2, -0.15) is 0 Å². The number of aryl methyl sites for hydroxylation is 1. The van der Waals surface area contributed by atoms with Crippen LogP contribution in [0.4, 0.5) is 0 Å². The quantitative estimate of drug-likeness (QED) is 0.567. The molecule has 4 nitrogen and oxygen atoms in total. The molecular weight excluding hydrogens is 262 g/mol. The van der Waals surface area contributed by atoms with Gasteiger partial charge in [0.1, 0.15) is 17.1 Å². The van der Waals surface area contributed by atoms with Gasteiger partial charge in [-0.25, -0.2) is 0 Å². The van der Waals surface area contributed by atoms with Gasteiger partial charge in [-0.05, 0) is 30.7 Å². The van der Waals surface area contributed by atoms with E-state index < -0.39 is 0 Å². The molecule has 0 atom stereocenters. The maximum absolute atomic E-state index is 7.68. The molecule has 0 fully saturated rings. The van der Waals surface area contributed by atoms with Crippen LogP contribution in [0.25, 0.3) is 10.9 Å². The summed E-state index contributed by atoms with van der Waals surface area (Å²) in [7, 11) is 0. The van der Waals surface area contributed by atoms with Crippen molar-refractivity contribution in [3.8, 4) is 11.5 Å². The average molecular weight is 277 g/mol. The Morgan fingerprint density at radius 2 is 1.86 bits per heavy atom. The lowest BCUT2D eigenvalue weighted by Gasteiger charge is -2.14. The second-order valence-corrected chi connectivity index (χ2v) is 4.80. The van der Waals surface area contributed by atoms with Gasteiger partial charge in [-0.1, -0.05) is 30.3 Å². The van der Waals surface area contributed by atoms with Gasteiger partial charge in [0.2, 0.25) is 0 Å². The van der Waals surface area contributed by atoms with Gasteiger partial charge in [0.25, 0.3) is 0 Å². The number of nitrogens with two attached hydrogens (primary N) is 1. The molecule has 0 aliphatic heterocycles. The molecule has 0 saturated carbocycles. The Morgan fingerprint density at radius 1 is 1.10 bits per heavy atom. The van der Waals surface area contributed by atoms with Crippen molar-refractivity contribution < 1.29 is 4.74 Å². The van der Waals surface area contributed by atoms with Crippen molar-refractivity contribution in [2.45, 2.75) is 6.92 Å². The number of pyridine rings is 1. The molecule has 3 N–H and O–H groups in total. The molecule has 0 spiro atoms. The number of nitrogens with one attached hydrogen (secondary N) is 1. The predicted molar refractivity (Wildman–Crippen MR) is 84.0 cm³/mol. The van der Waals surface area contributed by atoms with Crippen molar-refractivity contribution in [1.29, 1.82) is 5.41 Å². The number of ether oxygens (including phenoxy) is 1. The monoisotopic (exact) mass is 277 g/mol. The van der Waals surface area contributed by atoms with Crippen LogP contribution in [0.1, 0.15) is 11.1 Å². The zero-order chi connectivity index (χ0) is 14.8. The molecule has 0 amide bonds. The molecule has 0 aliphatic rings. The molecular formula is C17H15N3O. The maximum Gasteiger partial charge on any atom is 0.153 e. The van der Waals surface area contributed by atoms with Crippen LogP contribution < -0.4 is 10.5 Å². The van der Waals surface area contributed by atoms with E-state index in [9.17, 15) is 0 Å². The van der Waals surface area contributed by atoms with Crippen LogP contribution in [-0.4, -0.2) is 10.8 Å². The van der Waals surface area contributed by atoms with Crippen molar-refractivity contribution in [1.82, 2.24) is 4.98 Å². The van der Waals surface area contributed by atoms with Crippen molar-refractivity contribution in [3.63, 3.8) is 0 Å². The minimum atomic E-state index is -0.0121. The number of amidine groups is 1. The fourth-order valence-corrected chi connectivity index (χ4v) is 2.27. The van der Waals surface area contributed by atoms with Crippen molar-refractivity contribution in [2.24, 2.45) is 5.73 Å². The largest absolute Gasteiger partial charge is 0.454 e. The topological polar surface area (TPSA) is 72.0 Å². The number of hydrogen-bond acceptors (Lipinski definition) is 3. The average Bonchev–Trinajstić information content (AvgIpc) is 2.49. The summed E-state index contributed by atoms with van der Waals surface area (Å²) in [5, 5.41) is 8.69. The zero-order valence-electron chi connectivity index (χ0n) is 11.6. The Labute approximate surface area is 122 Å². The van der Waals surface area contributed by atoms with Crippen LogP contribution >= 0.6 is 0 Å². The Hall–Kier alpha value is -2.88.